The molecule has 0 spiro atoms. The van der Waals surface area contributed by atoms with Gasteiger partial charge in [0.1, 0.15) is 44.5 Å². The summed E-state index contributed by atoms with van der Waals surface area (Å²) in [5.41, 5.74) is 8.71. The molecule has 0 saturated heterocycles. The number of aromatic hydroxyl groups is 1. The monoisotopic (exact) mass is 948 g/mol. The van der Waals surface area contributed by atoms with E-state index in [0.29, 0.717) is 5.69 Å². The summed E-state index contributed by atoms with van der Waals surface area (Å²) in [5.74, 6) is 0.179. The first-order valence-corrected chi connectivity index (χ1v) is 18.9. The van der Waals surface area contributed by atoms with Crippen molar-refractivity contribution in [3.63, 3.8) is 0 Å². The van der Waals surface area contributed by atoms with Crippen LogP contribution in [0.1, 0.15) is 26.3 Å². The largest absolute Gasteiger partial charge is 0.506 e. The summed E-state index contributed by atoms with van der Waals surface area (Å²) in [6.45, 7) is 6.41. The van der Waals surface area contributed by atoms with E-state index in [1.165, 1.54) is 4.80 Å². The summed E-state index contributed by atoms with van der Waals surface area (Å²) in [5, 5.41) is 41.5. The van der Waals surface area contributed by atoms with E-state index in [-0.39, 0.29) is 31.3 Å². The van der Waals surface area contributed by atoms with E-state index < -0.39 is 0 Å². The van der Waals surface area contributed by atoms with Crippen molar-refractivity contribution >= 4 is 54.6 Å². The van der Waals surface area contributed by atoms with Gasteiger partial charge in [-0.3, -0.25) is 0 Å². The zero-order chi connectivity index (χ0) is 39.6. The molecule has 11 aromatic rings. The quantitative estimate of drug-likeness (QED) is 0.176. The van der Waals surface area contributed by atoms with E-state index in [4.69, 9.17) is 0 Å². The zero-order valence-electron chi connectivity index (χ0n) is 32.4. The van der Waals surface area contributed by atoms with Crippen LogP contribution in [0.4, 0.5) is 0 Å². The Kier molecular flexibility index (Phi) is 10.8. The Morgan fingerprint density at radius 2 is 0.797 bits per heavy atom. The van der Waals surface area contributed by atoms with Gasteiger partial charge in [-0.1, -0.05) is 99.6 Å². The number of benzene rings is 8. The van der Waals surface area contributed by atoms with Crippen LogP contribution < -0.4 is 0 Å². The van der Waals surface area contributed by atoms with Gasteiger partial charge in [0.2, 0.25) is 0 Å². The van der Waals surface area contributed by atoms with Crippen LogP contribution in [0.25, 0.3) is 71.7 Å². The maximum Gasteiger partial charge on any atom is 0.143 e. The average molecular weight is 948 g/mol. The van der Waals surface area contributed by atoms with E-state index >= 15 is 0 Å². The number of aromatic nitrogens is 9. The Labute approximate surface area is 353 Å². The van der Waals surface area contributed by atoms with Crippen molar-refractivity contribution in [2.75, 3.05) is 0 Å². The van der Waals surface area contributed by atoms with Crippen LogP contribution in [0.5, 0.6) is 5.75 Å². The predicted octanol–water partition coefficient (Wildman–Crippen LogP) is 10.2. The van der Waals surface area contributed by atoms with Crippen LogP contribution in [0.3, 0.4) is 0 Å². The molecule has 0 aliphatic carbocycles. The Morgan fingerprint density at radius 3 is 1.19 bits per heavy atom. The van der Waals surface area contributed by atoms with Crippen LogP contribution in [-0.4, -0.2) is 50.1 Å². The fraction of sp³-hybridized carbons (Fsp3) is 0.0833. The van der Waals surface area contributed by atoms with Crippen molar-refractivity contribution in [1.82, 2.24) is 45.0 Å². The van der Waals surface area contributed by atoms with E-state index in [9.17, 15) is 5.11 Å². The SMILES string of the molecule is CC(C)(C)c1ccc(O)c(-n2nc3ccccc3n2)c1.[Ir].[c-]1ccc2ccccc2c1-n1nc2ccccc2n1.[c-]1ccc2ccccc2c1-n1nc2ccccc2n1. The molecule has 11 heteroatoms. The molecule has 0 saturated carbocycles. The second-order valence-electron chi connectivity index (χ2n) is 14.7. The first-order valence-electron chi connectivity index (χ1n) is 18.9. The fourth-order valence-electron chi connectivity index (χ4n) is 6.66. The fourth-order valence-corrected chi connectivity index (χ4v) is 6.66. The number of hydrogen-bond acceptors (Lipinski definition) is 7. The number of rotatable bonds is 3. The molecule has 1 N–H and O–H groups in total. The van der Waals surface area contributed by atoms with E-state index in [1.807, 2.05) is 133 Å². The second kappa shape index (κ2) is 16.4. The number of fused-ring (bicyclic) bond motifs is 5. The average Bonchev–Trinajstić information content (AvgIpc) is 4.01. The summed E-state index contributed by atoms with van der Waals surface area (Å²) >= 11 is 0. The molecule has 10 nitrogen and oxygen atoms in total. The summed E-state index contributed by atoms with van der Waals surface area (Å²) in [7, 11) is 0. The van der Waals surface area contributed by atoms with E-state index in [2.05, 4.69) is 87.8 Å². The third kappa shape index (κ3) is 8.07. The topological polar surface area (TPSA) is 112 Å². The molecule has 3 heterocycles. The van der Waals surface area contributed by atoms with Gasteiger partial charge < -0.3 is 5.11 Å². The van der Waals surface area contributed by atoms with Gasteiger partial charge in [0.15, 0.2) is 0 Å². The standard InChI is InChI=1S/C16H17N3O.2C16H10N3.Ir/c1-16(2,3)11-8-9-15(20)14(10-11)19-17-12-6-4-5-7-13(12)18-19;2*1-2-8-13-12(6-1)7-5-11-16(13)19-17-14-9-3-4-10-15(14)18-19;/h4-10,20H,1-3H3;2*1-10H;/q;2*-1;. The molecular weight excluding hydrogens is 911 g/mol. The van der Waals surface area contributed by atoms with E-state index in [0.717, 1.165) is 71.6 Å². The third-order valence-electron chi connectivity index (χ3n) is 9.71. The smallest absolute Gasteiger partial charge is 0.143 e. The Bertz CT molecular complexity index is 2960. The van der Waals surface area contributed by atoms with Gasteiger partial charge in [0, 0.05) is 20.1 Å². The summed E-state index contributed by atoms with van der Waals surface area (Å²) in [6.07, 6.45) is 0. The minimum Gasteiger partial charge on any atom is -0.506 e. The number of hydrogen-bond donors (Lipinski definition) is 1. The molecule has 3 aromatic heterocycles. The molecule has 0 aliphatic rings. The molecule has 1 radical (unpaired) electrons. The summed E-state index contributed by atoms with van der Waals surface area (Å²) in [6, 6.07) is 59.7. The zero-order valence-corrected chi connectivity index (χ0v) is 34.8. The van der Waals surface area contributed by atoms with Crippen molar-refractivity contribution < 1.29 is 25.2 Å². The Balaban J connectivity index is 0.000000122. The number of phenolic OH excluding ortho intramolecular Hbond substituents is 1. The normalized spacial score (nSPS) is 11.2. The molecule has 0 atom stereocenters. The van der Waals surface area contributed by atoms with Crippen LogP contribution in [0.2, 0.25) is 0 Å². The van der Waals surface area contributed by atoms with Crippen LogP contribution in [0.15, 0.2) is 164 Å². The van der Waals surface area contributed by atoms with Crippen LogP contribution >= 0.6 is 0 Å². The molecule has 291 valence electrons. The van der Waals surface area contributed by atoms with Gasteiger partial charge in [-0.05, 0) is 70.9 Å². The third-order valence-corrected chi connectivity index (χ3v) is 9.71. The van der Waals surface area contributed by atoms with Gasteiger partial charge in [-0.2, -0.15) is 66.4 Å². The summed E-state index contributed by atoms with van der Waals surface area (Å²) in [4.78, 5) is 4.81. The Hall–Kier alpha value is -7.07. The first kappa shape index (κ1) is 38.8. The van der Waals surface area contributed by atoms with Crippen LogP contribution in [-0.2, 0) is 25.5 Å². The molecule has 11 rings (SSSR count). The molecule has 0 aliphatic heterocycles. The van der Waals surface area contributed by atoms with Crippen molar-refractivity contribution in [3.8, 4) is 22.8 Å². The van der Waals surface area contributed by atoms with Crippen molar-refractivity contribution in [2.45, 2.75) is 26.2 Å². The van der Waals surface area contributed by atoms with Crippen molar-refractivity contribution in [3.05, 3.63) is 181 Å². The second-order valence-corrected chi connectivity index (χ2v) is 14.7. The van der Waals surface area contributed by atoms with Gasteiger partial charge in [-0.15, -0.1) is 48.7 Å². The van der Waals surface area contributed by atoms with Gasteiger partial charge in [0.25, 0.3) is 0 Å². The van der Waals surface area contributed by atoms with Gasteiger partial charge in [0.05, 0.1) is 0 Å². The number of phenols is 1. The molecule has 8 aromatic carbocycles. The molecular formula is C48H37IrN9O-2. The predicted molar refractivity (Wildman–Crippen MR) is 230 cm³/mol. The van der Waals surface area contributed by atoms with Crippen LogP contribution in [0, 0.1) is 12.1 Å². The number of nitrogens with zero attached hydrogens (tertiary/aromatic N) is 9. The van der Waals surface area contributed by atoms with E-state index in [1.54, 1.807) is 15.7 Å². The van der Waals surface area contributed by atoms with Gasteiger partial charge in [-0.25, -0.2) is 0 Å². The summed E-state index contributed by atoms with van der Waals surface area (Å²) < 4.78 is 0. The van der Waals surface area contributed by atoms with Crippen molar-refractivity contribution in [2.24, 2.45) is 0 Å². The molecule has 0 amide bonds. The van der Waals surface area contributed by atoms with Crippen molar-refractivity contribution in [1.29, 1.82) is 0 Å². The molecule has 59 heavy (non-hydrogen) atoms. The van der Waals surface area contributed by atoms with Gasteiger partial charge >= 0.3 is 0 Å². The Morgan fingerprint density at radius 1 is 0.441 bits per heavy atom. The maximum atomic E-state index is 10.1. The minimum absolute atomic E-state index is 0. The minimum atomic E-state index is 0. The molecule has 0 unspecified atom stereocenters. The molecule has 0 bridgehead atoms. The first-order chi connectivity index (χ1) is 28.3. The molecule has 0 fully saturated rings. The maximum absolute atomic E-state index is 10.1.